The molecular weight excluding hydrogens is 418 g/mol. The predicted molar refractivity (Wildman–Crippen MR) is 141 cm³/mol. The third-order valence-corrected chi connectivity index (χ3v) is 7.13. The number of hydrogen-bond acceptors (Lipinski definition) is 3. The highest BCUT2D eigenvalue weighted by Gasteiger charge is 2.54. The smallest absolute Gasteiger partial charge is 0.172 e. The van der Waals surface area contributed by atoms with E-state index < -0.39 is 10.4 Å². The van der Waals surface area contributed by atoms with Gasteiger partial charge >= 0.3 is 0 Å². The van der Waals surface area contributed by atoms with Gasteiger partial charge in [-0.05, 0) is 42.7 Å². The summed E-state index contributed by atoms with van der Waals surface area (Å²) in [6, 6.07) is 37.1. The van der Waals surface area contributed by atoms with Crippen LogP contribution in [0.15, 0.2) is 109 Å². The van der Waals surface area contributed by atoms with Crippen LogP contribution in [0.5, 0.6) is 0 Å². The maximum atomic E-state index is 12.2. The zero-order valence-electron chi connectivity index (χ0n) is 20.2. The van der Waals surface area contributed by atoms with E-state index >= 15 is 0 Å². The van der Waals surface area contributed by atoms with E-state index in [1.807, 2.05) is 54.6 Å². The first-order valence-corrected chi connectivity index (χ1v) is 11.8. The molecule has 172 valence electrons. The van der Waals surface area contributed by atoms with Crippen molar-refractivity contribution in [2.75, 3.05) is 10.4 Å². The first-order chi connectivity index (χ1) is 16.2. The Morgan fingerprint density at radius 3 is 1.76 bits per heavy atom. The molecule has 0 aliphatic carbocycles. The molecule has 1 unspecified atom stereocenters. The van der Waals surface area contributed by atoms with Crippen molar-refractivity contribution in [2.24, 2.45) is 0 Å². The molecule has 1 atom stereocenters. The minimum Gasteiger partial charge on any atom is -0.172 e. The van der Waals surface area contributed by atoms with Crippen LogP contribution in [0.3, 0.4) is 0 Å². The molecule has 5 rings (SSSR count). The molecule has 0 bridgehead atoms. The Hall–Kier alpha value is -3.60. The third-order valence-electron chi connectivity index (χ3n) is 7.13. The van der Waals surface area contributed by atoms with Crippen LogP contribution in [0.25, 0.3) is 0 Å². The predicted octanol–water partition coefficient (Wildman–Crippen LogP) is 7.41. The summed E-state index contributed by atoms with van der Waals surface area (Å²) in [6.45, 7) is 8.80. The lowest BCUT2D eigenvalue weighted by Crippen LogP contribution is -2.65. The molecule has 0 spiro atoms. The number of nitrogens with zero attached hydrogens (tertiary/aromatic N) is 2. The van der Waals surface area contributed by atoms with E-state index in [0.717, 1.165) is 22.6 Å². The van der Waals surface area contributed by atoms with Crippen LogP contribution < -0.4 is 15.3 Å². The van der Waals surface area contributed by atoms with Crippen LogP contribution >= 0.6 is 0 Å². The summed E-state index contributed by atoms with van der Waals surface area (Å²) >= 11 is 0. The second kappa shape index (κ2) is 8.01. The van der Waals surface area contributed by atoms with Crippen LogP contribution in [-0.4, -0.2) is 5.21 Å². The van der Waals surface area contributed by atoms with E-state index in [0.29, 0.717) is 0 Å². The Balaban J connectivity index is 1.70. The molecule has 0 aromatic heterocycles. The molecule has 0 fully saturated rings. The van der Waals surface area contributed by atoms with Crippen molar-refractivity contribution in [3.8, 4) is 0 Å². The minimum atomic E-state index is -0.534. The number of hydrogen-bond donors (Lipinski definition) is 2. The van der Waals surface area contributed by atoms with Gasteiger partial charge in [0.1, 0.15) is 16.9 Å². The molecule has 4 aromatic rings. The minimum absolute atomic E-state index is 0.195. The quantitative estimate of drug-likeness (QED) is 0.311. The molecule has 0 radical (unpaired) electrons. The van der Waals surface area contributed by atoms with Gasteiger partial charge in [0.05, 0.1) is 0 Å². The molecule has 0 amide bonds. The molecule has 4 aromatic carbocycles. The number of nitrogens with one attached hydrogen (secondary N) is 1. The molecule has 1 heterocycles. The zero-order valence-corrected chi connectivity index (χ0v) is 20.2. The summed E-state index contributed by atoms with van der Waals surface area (Å²) in [7, 11) is 0. The van der Waals surface area contributed by atoms with Gasteiger partial charge in [0.25, 0.3) is 0 Å². The van der Waals surface area contributed by atoms with Gasteiger partial charge in [-0.1, -0.05) is 98.8 Å². The van der Waals surface area contributed by atoms with Crippen LogP contribution in [-0.2, 0) is 11.0 Å². The van der Waals surface area contributed by atoms with Gasteiger partial charge in [0.15, 0.2) is 0 Å². The highest BCUT2D eigenvalue weighted by molar-refractivity contribution is 5.80. The van der Waals surface area contributed by atoms with Crippen LogP contribution in [0, 0.1) is 0 Å². The van der Waals surface area contributed by atoms with E-state index in [9.17, 15) is 5.21 Å². The zero-order chi connectivity index (χ0) is 24.0. The summed E-state index contributed by atoms with van der Waals surface area (Å²) in [5, 5.41) is 14.3. The normalized spacial score (nSPS) is 17.9. The largest absolute Gasteiger partial charge is 0.218 e. The molecule has 1 aliphatic heterocycles. The monoisotopic (exact) mass is 450 g/mol. The van der Waals surface area contributed by atoms with Crippen molar-refractivity contribution in [3.63, 3.8) is 0 Å². The van der Waals surface area contributed by atoms with Crippen molar-refractivity contribution in [1.29, 1.82) is 0 Å². The van der Waals surface area contributed by atoms with E-state index in [-0.39, 0.29) is 5.41 Å². The van der Waals surface area contributed by atoms with Crippen molar-refractivity contribution in [1.82, 2.24) is 4.86 Å². The molecule has 4 heteroatoms. The number of anilines is 2. The molecule has 0 saturated heterocycles. The van der Waals surface area contributed by atoms with Crippen molar-refractivity contribution in [3.05, 3.63) is 126 Å². The number of rotatable bonds is 5. The lowest BCUT2D eigenvalue weighted by Gasteiger charge is -2.42. The van der Waals surface area contributed by atoms with E-state index in [1.54, 1.807) is 0 Å². The molecule has 4 nitrogen and oxygen atoms in total. The van der Waals surface area contributed by atoms with Gasteiger partial charge < -0.3 is 0 Å². The van der Waals surface area contributed by atoms with Crippen LogP contribution in [0.1, 0.15) is 44.4 Å². The average Bonchev–Trinajstić information content (AvgIpc) is 3.18. The van der Waals surface area contributed by atoms with E-state index in [1.165, 1.54) is 11.1 Å². The first kappa shape index (κ1) is 22.2. The van der Waals surface area contributed by atoms with Crippen LogP contribution in [0.2, 0.25) is 0 Å². The van der Waals surface area contributed by atoms with E-state index in [2.05, 4.69) is 92.7 Å². The number of benzene rings is 4. The summed E-state index contributed by atoms with van der Waals surface area (Å²) in [4.78, 5) is -0.534. The highest BCUT2D eigenvalue weighted by Crippen LogP contribution is 2.49. The number of fused-ring (bicyclic) bond motifs is 1. The fourth-order valence-corrected chi connectivity index (χ4v) is 5.03. The summed E-state index contributed by atoms with van der Waals surface area (Å²) in [6.07, 6.45) is 0. The Kier molecular flexibility index (Phi) is 5.23. The third kappa shape index (κ3) is 3.47. The molecule has 1 aliphatic rings. The molecule has 2 N–H and O–H groups in total. The Morgan fingerprint density at radius 2 is 1.18 bits per heavy atom. The first-order valence-electron chi connectivity index (χ1n) is 11.8. The second-order valence-corrected chi connectivity index (χ2v) is 10.0. The average molecular weight is 451 g/mol. The lowest BCUT2D eigenvalue weighted by molar-refractivity contribution is -0.0780. The molecule has 0 saturated carbocycles. The summed E-state index contributed by atoms with van der Waals surface area (Å²) < 4.78 is 0. The van der Waals surface area contributed by atoms with Gasteiger partial charge in [-0.3, -0.25) is 0 Å². The number of para-hydroxylation sites is 1. The molecular formula is C30H32N3O+. The second-order valence-electron chi connectivity index (χ2n) is 10.0. The van der Waals surface area contributed by atoms with Crippen LogP contribution in [0.4, 0.5) is 17.1 Å². The standard InChI is InChI=1S/C30H32N3O/c1-29(2,23-14-8-5-9-15-23)25-20-21-27-28(22-25)32(30(3,4)24-16-10-6-11-17-24)33(34,31-27)26-18-12-7-13-19-26/h5-22,31,34H,1-4H3/q+1. The van der Waals surface area contributed by atoms with Crippen molar-refractivity contribution in [2.45, 2.75) is 38.6 Å². The maximum Gasteiger partial charge on any atom is 0.218 e. The van der Waals surface area contributed by atoms with Gasteiger partial charge in [-0.15, -0.1) is 5.01 Å². The van der Waals surface area contributed by atoms with Crippen molar-refractivity contribution >= 4 is 17.1 Å². The highest BCUT2D eigenvalue weighted by atomic mass is 16.7. The Labute approximate surface area is 202 Å². The molecule has 34 heavy (non-hydrogen) atoms. The summed E-state index contributed by atoms with van der Waals surface area (Å²) in [5.41, 5.74) is 8.82. The van der Waals surface area contributed by atoms with Gasteiger partial charge in [-0.2, -0.15) is 10.6 Å². The Bertz CT molecular complexity index is 1290. The van der Waals surface area contributed by atoms with Gasteiger partial charge in [-0.25, -0.2) is 0 Å². The van der Waals surface area contributed by atoms with Gasteiger partial charge in [0, 0.05) is 22.4 Å². The van der Waals surface area contributed by atoms with E-state index in [4.69, 9.17) is 0 Å². The SMILES string of the molecule is CC(C)(c1ccccc1)c1ccc2c(c1)N(C(C)(C)c1ccccc1)[N+](O)(c1ccccc1)N2. The summed E-state index contributed by atoms with van der Waals surface area (Å²) in [5.74, 6) is 0. The lowest BCUT2D eigenvalue weighted by atomic mass is 9.78. The van der Waals surface area contributed by atoms with Gasteiger partial charge in [0.2, 0.25) is 5.69 Å². The topological polar surface area (TPSA) is 35.5 Å². The maximum absolute atomic E-state index is 12.2. The number of quaternary nitrogens is 1. The fourth-order valence-electron chi connectivity index (χ4n) is 5.03. The van der Waals surface area contributed by atoms with Crippen molar-refractivity contribution < 1.29 is 5.21 Å². The fraction of sp³-hybridized carbons (Fsp3) is 0.200. The Morgan fingerprint density at radius 1 is 0.647 bits per heavy atom.